The summed E-state index contributed by atoms with van der Waals surface area (Å²) in [4.78, 5) is 27.2. The Balaban J connectivity index is 2.13. The lowest BCUT2D eigenvalue weighted by Crippen LogP contribution is -2.38. The number of benzene rings is 1. The van der Waals surface area contributed by atoms with Gasteiger partial charge in [0.2, 0.25) is 0 Å². The van der Waals surface area contributed by atoms with Crippen LogP contribution in [-0.2, 0) is 16.0 Å². The maximum absolute atomic E-state index is 11.7. The number of amides is 1. The van der Waals surface area contributed by atoms with Crippen molar-refractivity contribution in [2.45, 2.75) is 51.9 Å². The van der Waals surface area contributed by atoms with E-state index in [9.17, 15) is 9.59 Å². The summed E-state index contributed by atoms with van der Waals surface area (Å²) in [6.07, 6.45) is 6.60. The van der Waals surface area contributed by atoms with Gasteiger partial charge in [0.1, 0.15) is 0 Å². The van der Waals surface area contributed by atoms with Gasteiger partial charge in [0.05, 0.1) is 6.61 Å². The number of carbonyl (C=O) groups is 2. The first-order chi connectivity index (χ1) is 14.1. The number of unbranched alkanes of at least 4 members (excludes halogenated alkanes) is 4. The van der Waals surface area contributed by atoms with Crippen LogP contribution in [0.25, 0.3) is 0 Å². The Morgan fingerprint density at radius 1 is 1.03 bits per heavy atom. The normalized spacial score (nSPS) is 11.1. The highest BCUT2D eigenvalue weighted by molar-refractivity contribution is 5.94. The van der Waals surface area contributed by atoms with Gasteiger partial charge >= 0.3 is 5.97 Å². The highest BCUT2D eigenvalue weighted by Crippen LogP contribution is 2.06. The van der Waals surface area contributed by atoms with E-state index in [-0.39, 0.29) is 11.9 Å². The molecule has 7 heteroatoms. The molecule has 0 heterocycles. The predicted molar refractivity (Wildman–Crippen MR) is 117 cm³/mol. The number of guanidine groups is 1. The fourth-order valence-electron chi connectivity index (χ4n) is 2.92. The molecule has 1 aromatic carbocycles. The Labute approximate surface area is 174 Å². The molecule has 0 aliphatic carbocycles. The van der Waals surface area contributed by atoms with E-state index in [1.54, 1.807) is 14.1 Å². The minimum absolute atomic E-state index is 0.0711. The predicted octanol–water partition coefficient (Wildman–Crippen LogP) is 2.66. The van der Waals surface area contributed by atoms with Crippen molar-refractivity contribution in [3.8, 4) is 0 Å². The number of hydrogen-bond donors (Lipinski definition) is 3. The van der Waals surface area contributed by atoms with Gasteiger partial charge in [0.25, 0.3) is 5.91 Å². The van der Waals surface area contributed by atoms with Crippen LogP contribution < -0.4 is 16.0 Å². The molecule has 1 amide bonds. The second-order valence-corrected chi connectivity index (χ2v) is 6.78. The van der Waals surface area contributed by atoms with E-state index in [1.165, 1.54) is 0 Å². The molecule has 1 rings (SSSR count). The summed E-state index contributed by atoms with van der Waals surface area (Å²) < 4.78 is 4.92. The molecule has 0 aliphatic heterocycles. The van der Waals surface area contributed by atoms with Gasteiger partial charge in [-0.3, -0.25) is 14.6 Å². The van der Waals surface area contributed by atoms with Gasteiger partial charge in [-0.15, -0.1) is 0 Å². The lowest BCUT2D eigenvalue weighted by atomic mass is 10.1. The van der Waals surface area contributed by atoms with Gasteiger partial charge < -0.3 is 20.7 Å². The van der Waals surface area contributed by atoms with E-state index in [4.69, 9.17) is 4.74 Å². The van der Waals surface area contributed by atoms with Crippen molar-refractivity contribution in [2.75, 3.05) is 33.8 Å². The first-order valence-corrected chi connectivity index (χ1v) is 10.5. The molecule has 0 bridgehead atoms. The number of hydrogen-bond acceptors (Lipinski definition) is 4. The van der Waals surface area contributed by atoms with Crippen LogP contribution in [0.5, 0.6) is 0 Å². The average Bonchev–Trinajstić information content (AvgIpc) is 2.74. The van der Waals surface area contributed by atoms with Crippen molar-refractivity contribution >= 4 is 17.8 Å². The molecular weight excluding hydrogens is 368 g/mol. The molecule has 3 N–H and O–H groups in total. The van der Waals surface area contributed by atoms with Crippen LogP contribution in [-0.4, -0.2) is 51.6 Å². The first kappa shape index (κ1) is 24.5. The number of carbonyl (C=O) groups excluding carboxylic acids is 2. The van der Waals surface area contributed by atoms with Gasteiger partial charge in [-0.05, 0) is 43.9 Å². The van der Waals surface area contributed by atoms with Gasteiger partial charge in [-0.2, -0.15) is 0 Å². The van der Waals surface area contributed by atoms with Crippen LogP contribution in [0.15, 0.2) is 29.3 Å². The highest BCUT2D eigenvalue weighted by atomic mass is 16.5. The van der Waals surface area contributed by atoms with Crippen LogP contribution in [0.3, 0.4) is 0 Å². The minimum Gasteiger partial charge on any atom is -0.466 e. The fraction of sp³-hybridized carbons (Fsp3) is 0.591. The SMILES string of the molecule is CCOC(=O)CCCCCCCNC(=NC)NCCc1cccc(C(=O)NC)c1. The molecule has 0 aliphatic rings. The maximum atomic E-state index is 11.7. The zero-order chi connectivity index (χ0) is 21.3. The van der Waals surface area contributed by atoms with Crippen molar-refractivity contribution in [1.82, 2.24) is 16.0 Å². The summed E-state index contributed by atoms with van der Waals surface area (Å²) in [5, 5.41) is 9.27. The average molecular weight is 405 g/mol. The second kappa shape index (κ2) is 15.4. The second-order valence-electron chi connectivity index (χ2n) is 6.78. The molecule has 1 aromatic rings. The van der Waals surface area contributed by atoms with Gasteiger partial charge in [-0.1, -0.05) is 31.4 Å². The molecule has 29 heavy (non-hydrogen) atoms. The summed E-state index contributed by atoms with van der Waals surface area (Å²) in [5.41, 5.74) is 1.78. The number of nitrogens with zero attached hydrogens (tertiary/aromatic N) is 1. The Morgan fingerprint density at radius 3 is 2.48 bits per heavy atom. The number of ether oxygens (including phenoxy) is 1. The van der Waals surface area contributed by atoms with Crippen molar-refractivity contribution in [1.29, 1.82) is 0 Å². The van der Waals surface area contributed by atoms with Gasteiger partial charge in [-0.25, -0.2) is 0 Å². The number of nitrogens with one attached hydrogen (secondary N) is 3. The van der Waals surface area contributed by atoms with Crippen molar-refractivity contribution in [2.24, 2.45) is 4.99 Å². The van der Waals surface area contributed by atoms with E-state index in [2.05, 4.69) is 20.9 Å². The third-order valence-corrected chi connectivity index (χ3v) is 4.50. The van der Waals surface area contributed by atoms with Crippen LogP contribution in [0, 0.1) is 0 Å². The van der Waals surface area contributed by atoms with Crippen molar-refractivity contribution < 1.29 is 14.3 Å². The third kappa shape index (κ3) is 11.1. The monoisotopic (exact) mass is 404 g/mol. The molecule has 0 atom stereocenters. The Morgan fingerprint density at radius 2 is 1.76 bits per heavy atom. The molecule has 0 unspecified atom stereocenters. The van der Waals surface area contributed by atoms with Crippen LogP contribution in [0.4, 0.5) is 0 Å². The van der Waals surface area contributed by atoms with E-state index >= 15 is 0 Å². The topological polar surface area (TPSA) is 91.8 Å². The Kier molecular flexibility index (Phi) is 13.0. The van der Waals surface area contributed by atoms with E-state index in [1.807, 2.05) is 31.2 Å². The van der Waals surface area contributed by atoms with E-state index < -0.39 is 0 Å². The molecule has 162 valence electrons. The van der Waals surface area contributed by atoms with Crippen LogP contribution in [0.2, 0.25) is 0 Å². The number of aliphatic imine (C=N–C) groups is 1. The van der Waals surface area contributed by atoms with Crippen LogP contribution >= 0.6 is 0 Å². The summed E-state index contributed by atoms with van der Waals surface area (Å²) in [6.45, 7) is 3.90. The molecule has 7 nitrogen and oxygen atoms in total. The molecule has 0 radical (unpaired) electrons. The van der Waals surface area contributed by atoms with Gasteiger partial charge in [0.15, 0.2) is 5.96 Å². The summed E-state index contributed by atoms with van der Waals surface area (Å²) in [5.74, 6) is 0.623. The largest absolute Gasteiger partial charge is 0.466 e. The molecule has 0 saturated heterocycles. The third-order valence-electron chi connectivity index (χ3n) is 4.50. The van der Waals surface area contributed by atoms with Crippen molar-refractivity contribution in [3.63, 3.8) is 0 Å². The number of esters is 1. The molecule has 0 spiro atoms. The first-order valence-electron chi connectivity index (χ1n) is 10.5. The Hall–Kier alpha value is -2.57. The zero-order valence-electron chi connectivity index (χ0n) is 18.1. The molecule has 0 fully saturated rings. The van der Waals surface area contributed by atoms with Crippen molar-refractivity contribution in [3.05, 3.63) is 35.4 Å². The molecule has 0 aromatic heterocycles. The Bertz CT molecular complexity index is 647. The lowest BCUT2D eigenvalue weighted by Gasteiger charge is -2.12. The summed E-state index contributed by atoms with van der Waals surface area (Å²) >= 11 is 0. The minimum atomic E-state index is -0.0932. The molecule has 0 saturated carbocycles. The molecular formula is C22H36N4O3. The summed E-state index contributed by atoms with van der Waals surface area (Å²) in [6, 6.07) is 7.65. The quantitative estimate of drug-likeness (QED) is 0.203. The summed E-state index contributed by atoms with van der Waals surface area (Å²) in [7, 11) is 3.40. The van der Waals surface area contributed by atoms with Gasteiger partial charge in [0, 0.05) is 39.2 Å². The fourth-order valence-corrected chi connectivity index (χ4v) is 2.92. The standard InChI is InChI=1S/C22H36N4O3/c1-4-29-20(27)13-8-6-5-7-9-15-25-22(24-3)26-16-14-18-11-10-12-19(17-18)21(28)23-2/h10-12,17H,4-9,13-16H2,1-3H3,(H,23,28)(H2,24,25,26). The zero-order valence-corrected chi connectivity index (χ0v) is 18.1. The lowest BCUT2D eigenvalue weighted by molar-refractivity contribution is -0.143. The highest BCUT2D eigenvalue weighted by Gasteiger charge is 2.04. The van der Waals surface area contributed by atoms with E-state index in [0.29, 0.717) is 18.6 Å². The smallest absolute Gasteiger partial charge is 0.305 e. The van der Waals surface area contributed by atoms with E-state index in [0.717, 1.165) is 63.1 Å². The number of rotatable bonds is 13. The van der Waals surface area contributed by atoms with Crippen LogP contribution in [0.1, 0.15) is 61.4 Å². The maximum Gasteiger partial charge on any atom is 0.305 e.